The van der Waals surface area contributed by atoms with Crippen molar-refractivity contribution in [2.75, 3.05) is 19.8 Å². The van der Waals surface area contributed by atoms with Gasteiger partial charge in [-0.3, -0.25) is 0 Å². The first kappa shape index (κ1) is 16.6. The summed E-state index contributed by atoms with van der Waals surface area (Å²) in [5.41, 5.74) is 2.10. The molecule has 2 atom stereocenters. The molecule has 2 aliphatic rings. The van der Waals surface area contributed by atoms with Crippen LogP contribution in [-0.2, 0) is 33.7 Å². The summed E-state index contributed by atoms with van der Waals surface area (Å²) >= 11 is 0. The molecule has 108 valence electrons. The van der Waals surface area contributed by atoms with Crippen molar-refractivity contribution in [3.8, 4) is 0 Å². The largest absolute Gasteiger partial charge is 0.504 e. The maximum atomic E-state index is 6.01. The van der Waals surface area contributed by atoms with Crippen molar-refractivity contribution >= 4 is 8.80 Å². The Labute approximate surface area is 125 Å². The molecule has 5 heteroatoms. The zero-order valence-corrected chi connectivity index (χ0v) is 14.1. The monoisotopic (exact) mass is 362 g/mol. The average Bonchev–Trinajstić information content (AvgIpc) is 2.91. The number of allylic oxidation sites excluding steroid dienone is 2. The van der Waals surface area contributed by atoms with Crippen molar-refractivity contribution in [3.05, 3.63) is 11.6 Å². The topological polar surface area (TPSA) is 27.7 Å². The van der Waals surface area contributed by atoms with Crippen molar-refractivity contribution < 1.29 is 33.7 Å². The third-order valence-electron chi connectivity index (χ3n) is 3.78. The number of hydrogen-bond donors (Lipinski definition) is 0. The summed E-state index contributed by atoms with van der Waals surface area (Å²) in [7, 11) is -2.46. The summed E-state index contributed by atoms with van der Waals surface area (Å²) in [4.78, 5) is 0. The van der Waals surface area contributed by atoms with Gasteiger partial charge in [-0.15, -0.1) is 0 Å². The van der Waals surface area contributed by atoms with E-state index in [1.807, 2.05) is 20.8 Å². The molecular weight excluding hydrogens is 339 g/mol. The molecule has 0 N–H and O–H groups in total. The SMILES string of the molecule is CCO[Si](OCC)(OCC)C1CC2=CCC1C2.[Pd]. The third-order valence-corrected chi connectivity index (χ3v) is 7.43. The summed E-state index contributed by atoms with van der Waals surface area (Å²) in [6, 6.07) is 0. The number of hydrogen-bond acceptors (Lipinski definition) is 3. The van der Waals surface area contributed by atoms with Crippen molar-refractivity contribution in [2.45, 2.75) is 45.6 Å². The van der Waals surface area contributed by atoms with Crippen LogP contribution < -0.4 is 0 Å². The van der Waals surface area contributed by atoms with Crippen LogP contribution in [0, 0.1) is 5.92 Å². The Morgan fingerprint density at radius 2 is 1.61 bits per heavy atom. The van der Waals surface area contributed by atoms with E-state index in [0.717, 1.165) is 6.42 Å². The normalized spacial score (nSPS) is 26.1. The molecule has 0 radical (unpaired) electrons. The van der Waals surface area contributed by atoms with Gasteiger partial charge < -0.3 is 13.3 Å². The van der Waals surface area contributed by atoms with Gasteiger partial charge in [0.05, 0.1) is 0 Å². The summed E-state index contributed by atoms with van der Waals surface area (Å²) in [6.45, 7) is 8.17. The Bertz CT molecular complexity index is 279. The molecule has 0 aromatic heterocycles. The van der Waals surface area contributed by atoms with Crippen LogP contribution in [0.25, 0.3) is 0 Å². The molecule has 0 saturated heterocycles. The Morgan fingerprint density at radius 1 is 1.06 bits per heavy atom. The molecule has 1 fully saturated rings. The standard InChI is InChI=1S/C13H24O3Si.Pd/c1-4-14-17(15-5-2,16-6-3)13-10-11-7-8-12(13)9-11;/h7,12-13H,4-6,8-10H2,1-3H3;. The average molecular weight is 363 g/mol. The van der Waals surface area contributed by atoms with Crippen LogP contribution in [-0.4, -0.2) is 28.6 Å². The Balaban J connectivity index is 0.00000162. The Morgan fingerprint density at radius 3 is 1.94 bits per heavy atom. The molecular formula is C13H24O3PdSi. The molecule has 2 bridgehead atoms. The van der Waals surface area contributed by atoms with Crippen LogP contribution in [0.2, 0.25) is 5.54 Å². The van der Waals surface area contributed by atoms with Crippen LogP contribution in [0.3, 0.4) is 0 Å². The van der Waals surface area contributed by atoms with Gasteiger partial charge in [0.25, 0.3) is 0 Å². The zero-order chi connectivity index (χ0) is 12.3. The van der Waals surface area contributed by atoms with Crippen LogP contribution in [0.1, 0.15) is 40.0 Å². The number of rotatable bonds is 7. The molecule has 3 nitrogen and oxygen atoms in total. The summed E-state index contributed by atoms with van der Waals surface area (Å²) in [5, 5.41) is 0. The third kappa shape index (κ3) is 3.15. The van der Waals surface area contributed by atoms with Crippen molar-refractivity contribution in [2.24, 2.45) is 5.92 Å². The second-order valence-corrected chi connectivity index (χ2v) is 7.59. The van der Waals surface area contributed by atoms with E-state index >= 15 is 0 Å². The zero-order valence-electron chi connectivity index (χ0n) is 11.5. The fraction of sp³-hybridized carbons (Fsp3) is 0.846. The molecule has 0 spiro atoms. The van der Waals surface area contributed by atoms with Gasteiger partial charge in [-0.25, -0.2) is 0 Å². The van der Waals surface area contributed by atoms with Crippen LogP contribution in [0.4, 0.5) is 0 Å². The molecule has 1 saturated carbocycles. The van der Waals surface area contributed by atoms with Gasteiger partial charge in [-0.2, -0.15) is 0 Å². The van der Waals surface area contributed by atoms with E-state index < -0.39 is 8.80 Å². The minimum absolute atomic E-state index is 0. The Kier molecular flexibility index (Phi) is 6.74. The molecule has 0 aliphatic heterocycles. The first-order valence-electron chi connectivity index (χ1n) is 6.85. The molecule has 0 aromatic carbocycles. The second kappa shape index (κ2) is 7.33. The molecule has 0 aromatic rings. The minimum atomic E-state index is -2.46. The van der Waals surface area contributed by atoms with Crippen molar-refractivity contribution in [1.82, 2.24) is 0 Å². The van der Waals surface area contributed by atoms with Gasteiger partial charge in [-0.1, -0.05) is 11.6 Å². The smallest absolute Gasteiger partial charge is 0.374 e. The molecule has 2 rings (SSSR count). The van der Waals surface area contributed by atoms with Crippen LogP contribution >= 0.6 is 0 Å². The van der Waals surface area contributed by atoms with E-state index in [4.69, 9.17) is 13.3 Å². The summed E-state index contributed by atoms with van der Waals surface area (Å²) in [6.07, 6.45) is 5.97. The quantitative estimate of drug-likeness (QED) is 0.514. The van der Waals surface area contributed by atoms with E-state index in [1.165, 1.54) is 12.8 Å². The van der Waals surface area contributed by atoms with Crippen molar-refractivity contribution in [3.63, 3.8) is 0 Å². The maximum Gasteiger partial charge on any atom is 0.504 e. The summed E-state index contributed by atoms with van der Waals surface area (Å²) < 4.78 is 18.0. The predicted molar refractivity (Wildman–Crippen MR) is 69.8 cm³/mol. The van der Waals surface area contributed by atoms with Crippen molar-refractivity contribution in [1.29, 1.82) is 0 Å². The molecule has 0 amide bonds. The van der Waals surface area contributed by atoms with E-state index in [1.54, 1.807) is 5.57 Å². The predicted octanol–water partition coefficient (Wildman–Crippen LogP) is 3.14. The van der Waals surface area contributed by atoms with E-state index in [0.29, 0.717) is 31.3 Å². The van der Waals surface area contributed by atoms with Gasteiger partial charge in [0.2, 0.25) is 0 Å². The first-order valence-corrected chi connectivity index (χ1v) is 8.65. The maximum absolute atomic E-state index is 6.01. The van der Waals surface area contributed by atoms with Crippen LogP contribution in [0.15, 0.2) is 11.6 Å². The fourth-order valence-corrected chi connectivity index (χ4v) is 6.65. The minimum Gasteiger partial charge on any atom is -0.374 e. The van der Waals surface area contributed by atoms with Gasteiger partial charge in [-0.05, 0) is 46.0 Å². The molecule has 0 heterocycles. The molecule has 18 heavy (non-hydrogen) atoms. The van der Waals surface area contributed by atoms with Gasteiger partial charge in [0, 0.05) is 45.8 Å². The van der Waals surface area contributed by atoms with Crippen LogP contribution in [0.5, 0.6) is 0 Å². The fourth-order valence-electron chi connectivity index (χ4n) is 3.21. The van der Waals surface area contributed by atoms with E-state index in [2.05, 4.69) is 6.08 Å². The van der Waals surface area contributed by atoms with E-state index in [-0.39, 0.29) is 20.4 Å². The first-order chi connectivity index (χ1) is 8.25. The van der Waals surface area contributed by atoms with E-state index in [9.17, 15) is 0 Å². The van der Waals surface area contributed by atoms with Gasteiger partial charge >= 0.3 is 8.80 Å². The number of fused-ring (bicyclic) bond motifs is 2. The molecule has 2 unspecified atom stereocenters. The second-order valence-electron chi connectivity index (χ2n) is 4.78. The Hall–Kier alpha value is 0.499. The van der Waals surface area contributed by atoms with Gasteiger partial charge in [0.15, 0.2) is 0 Å². The molecule has 2 aliphatic carbocycles. The van der Waals surface area contributed by atoms with Gasteiger partial charge in [0.1, 0.15) is 0 Å². The summed E-state index contributed by atoms with van der Waals surface area (Å²) in [5.74, 6) is 0.710.